The summed E-state index contributed by atoms with van der Waals surface area (Å²) in [6, 6.07) is 21.4. The highest BCUT2D eigenvalue weighted by Gasteiger charge is 2.10. The largest absolute Gasteiger partial charge is 0.497 e. The van der Waals surface area contributed by atoms with Crippen molar-refractivity contribution in [1.29, 1.82) is 0 Å². The molecule has 0 heterocycles. The highest BCUT2D eigenvalue weighted by Crippen LogP contribution is 2.33. The number of methoxy groups -OCH3 is 1. The van der Waals surface area contributed by atoms with Crippen LogP contribution in [0.15, 0.2) is 60.7 Å². The lowest BCUT2D eigenvalue weighted by molar-refractivity contribution is 0.233. The summed E-state index contributed by atoms with van der Waals surface area (Å²) in [5, 5.41) is 0. The maximum absolute atomic E-state index is 6.09. The predicted molar refractivity (Wildman–Crippen MR) is 132 cm³/mol. The molecule has 0 aliphatic rings. The van der Waals surface area contributed by atoms with Gasteiger partial charge in [0.1, 0.15) is 11.5 Å². The monoisotopic (exact) mass is 416 g/mol. The minimum absolute atomic E-state index is 0.648. The zero-order chi connectivity index (χ0) is 22.2. The Balaban J connectivity index is 1.74. The molecule has 1 unspecified atom stereocenters. The second-order valence-electron chi connectivity index (χ2n) is 8.46. The van der Waals surface area contributed by atoms with Crippen LogP contribution in [0.3, 0.4) is 0 Å². The van der Waals surface area contributed by atoms with Crippen LogP contribution in [0.2, 0.25) is 0 Å². The first-order chi connectivity index (χ1) is 15.0. The fourth-order valence-electron chi connectivity index (χ4n) is 4.05. The van der Waals surface area contributed by atoms with Gasteiger partial charge in [-0.15, -0.1) is 0 Å². The van der Waals surface area contributed by atoms with Crippen LogP contribution in [0.25, 0.3) is 22.3 Å². The van der Waals surface area contributed by atoms with E-state index >= 15 is 0 Å². The van der Waals surface area contributed by atoms with Gasteiger partial charge in [0, 0.05) is 0 Å². The standard InChI is InChI=1S/C29H36O2/c1-6-8-9-23(7-2)20-31-27-16-12-25(13-17-27)29-19-21(3)28(18-22(29)4)24-10-14-26(30-5)15-11-24/h10-19,23H,6-9,20H2,1-5H3. The second-order valence-corrected chi connectivity index (χ2v) is 8.46. The Morgan fingerprint density at radius 1 is 0.742 bits per heavy atom. The molecule has 0 spiro atoms. The van der Waals surface area contributed by atoms with Crippen LogP contribution in [0.4, 0.5) is 0 Å². The van der Waals surface area contributed by atoms with Crippen LogP contribution in [0.1, 0.15) is 50.7 Å². The molecular formula is C29H36O2. The second kappa shape index (κ2) is 11.0. The summed E-state index contributed by atoms with van der Waals surface area (Å²) < 4.78 is 11.4. The summed E-state index contributed by atoms with van der Waals surface area (Å²) in [5.74, 6) is 2.49. The molecule has 164 valence electrons. The van der Waals surface area contributed by atoms with E-state index in [1.54, 1.807) is 7.11 Å². The first-order valence-electron chi connectivity index (χ1n) is 11.5. The topological polar surface area (TPSA) is 18.5 Å². The summed E-state index contributed by atoms with van der Waals surface area (Å²) in [4.78, 5) is 0. The molecular weight excluding hydrogens is 380 g/mol. The summed E-state index contributed by atoms with van der Waals surface area (Å²) >= 11 is 0. The molecule has 0 saturated heterocycles. The van der Waals surface area contributed by atoms with Gasteiger partial charge in [-0.1, -0.05) is 69.5 Å². The number of ether oxygens (including phenoxy) is 2. The molecule has 0 aliphatic heterocycles. The molecule has 0 radical (unpaired) electrons. The smallest absolute Gasteiger partial charge is 0.119 e. The Morgan fingerprint density at radius 2 is 1.26 bits per heavy atom. The first-order valence-corrected chi connectivity index (χ1v) is 11.5. The Labute approximate surface area is 188 Å². The molecule has 0 aliphatic carbocycles. The van der Waals surface area contributed by atoms with Crippen molar-refractivity contribution in [1.82, 2.24) is 0 Å². The predicted octanol–water partition coefficient (Wildman–Crippen LogP) is 8.24. The molecule has 0 N–H and O–H groups in total. The van der Waals surface area contributed by atoms with Gasteiger partial charge in [0.2, 0.25) is 0 Å². The van der Waals surface area contributed by atoms with Crippen LogP contribution >= 0.6 is 0 Å². The number of aryl methyl sites for hydroxylation is 2. The molecule has 0 aromatic heterocycles. The number of hydrogen-bond acceptors (Lipinski definition) is 2. The molecule has 3 aromatic rings. The van der Waals surface area contributed by atoms with E-state index in [2.05, 4.69) is 76.2 Å². The van der Waals surface area contributed by atoms with Crippen molar-refractivity contribution >= 4 is 0 Å². The SMILES string of the molecule is CCCCC(CC)COc1ccc(-c2cc(C)c(-c3ccc(OC)cc3)cc2C)cc1. The number of benzene rings is 3. The van der Waals surface area contributed by atoms with Gasteiger partial charge in [0.15, 0.2) is 0 Å². The van der Waals surface area contributed by atoms with E-state index in [0.29, 0.717) is 5.92 Å². The van der Waals surface area contributed by atoms with Gasteiger partial charge in [-0.25, -0.2) is 0 Å². The van der Waals surface area contributed by atoms with Crippen molar-refractivity contribution in [2.75, 3.05) is 13.7 Å². The average molecular weight is 417 g/mol. The van der Waals surface area contributed by atoms with Crippen LogP contribution in [0.5, 0.6) is 11.5 Å². The third-order valence-electron chi connectivity index (χ3n) is 6.17. The average Bonchev–Trinajstić information content (AvgIpc) is 2.81. The quantitative estimate of drug-likeness (QED) is 0.331. The van der Waals surface area contributed by atoms with Crippen LogP contribution < -0.4 is 9.47 Å². The Hall–Kier alpha value is -2.74. The van der Waals surface area contributed by atoms with Crippen molar-refractivity contribution in [2.24, 2.45) is 5.92 Å². The van der Waals surface area contributed by atoms with Crippen molar-refractivity contribution in [3.63, 3.8) is 0 Å². The molecule has 0 fully saturated rings. The van der Waals surface area contributed by atoms with E-state index in [0.717, 1.165) is 18.1 Å². The minimum Gasteiger partial charge on any atom is -0.497 e. The molecule has 2 heteroatoms. The van der Waals surface area contributed by atoms with Gasteiger partial charge in [-0.05, 0) is 83.8 Å². The maximum Gasteiger partial charge on any atom is 0.119 e. The molecule has 3 rings (SSSR count). The fourth-order valence-corrected chi connectivity index (χ4v) is 4.05. The fraction of sp³-hybridized carbons (Fsp3) is 0.379. The third kappa shape index (κ3) is 5.91. The molecule has 3 aromatic carbocycles. The van der Waals surface area contributed by atoms with E-state index in [9.17, 15) is 0 Å². The molecule has 0 amide bonds. The molecule has 0 saturated carbocycles. The molecule has 0 bridgehead atoms. The lowest BCUT2D eigenvalue weighted by Crippen LogP contribution is -2.11. The summed E-state index contributed by atoms with van der Waals surface area (Å²) in [6.07, 6.45) is 4.97. The van der Waals surface area contributed by atoms with Crippen LogP contribution in [-0.2, 0) is 0 Å². The van der Waals surface area contributed by atoms with E-state index in [4.69, 9.17) is 9.47 Å². The van der Waals surface area contributed by atoms with Gasteiger partial charge in [0.05, 0.1) is 13.7 Å². The van der Waals surface area contributed by atoms with E-state index in [1.807, 2.05) is 12.1 Å². The van der Waals surface area contributed by atoms with Crippen LogP contribution in [-0.4, -0.2) is 13.7 Å². The Bertz CT molecular complexity index is 955. The lowest BCUT2D eigenvalue weighted by Gasteiger charge is -2.16. The Kier molecular flexibility index (Phi) is 8.17. The number of hydrogen-bond donors (Lipinski definition) is 0. The normalized spacial score (nSPS) is 11.9. The summed E-state index contributed by atoms with van der Waals surface area (Å²) in [5.41, 5.74) is 7.53. The van der Waals surface area contributed by atoms with Crippen LogP contribution in [0, 0.1) is 19.8 Å². The first kappa shape index (κ1) is 22.9. The minimum atomic E-state index is 0.648. The van der Waals surface area contributed by atoms with Crippen molar-refractivity contribution in [3.8, 4) is 33.8 Å². The van der Waals surface area contributed by atoms with E-state index in [-0.39, 0.29) is 0 Å². The highest BCUT2D eigenvalue weighted by atomic mass is 16.5. The van der Waals surface area contributed by atoms with Gasteiger partial charge in [-0.2, -0.15) is 0 Å². The zero-order valence-electron chi connectivity index (χ0n) is 19.7. The van der Waals surface area contributed by atoms with Crippen molar-refractivity contribution in [2.45, 2.75) is 53.4 Å². The third-order valence-corrected chi connectivity index (χ3v) is 6.17. The maximum atomic E-state index is 6.09. The van der Waals surface area contributed by atoms with Gasteiger partial charge in [0.25, 0.3) is 0 Å². The molecule has 2 nitrogen and oxygen atoms in total. The summed E-state index contributed by atoms with van der Waals surface area (Å²) in [6.45, 7) is 9.69. The van der Waals surface area contributed by atoms with Gasteiger partial charge >= 0.3 is 0 Å². The zero-order valence-corrected chi connectivity index (χ0v) is 19.7. The molecule has 31 heavy (non-hydrogen) atoms. The number of unbranched alkanes of at least 4 members (excludes halogenated alkanes) is 1. The molecule has 1 atom stereocenters. The van der Waals surface area contributed by atoms with Gasteiger partial charge < -0.3 is 9.47 Å². The van der Waals surface area contributed by atoms with E-state index in [1.165, 1.54) is 59.1 Å². The van der Waals surface area contributed by atoms with Crippen molar-refractivity contribution < 1.29 is 9.47 Å². The van der Waals surface area contributed by atoms with E-state index < -0.39 is 0 Å². The Morgan fingerprint density at radius 3 is 1.71 bits per heavy atom. The summed E-state index contributed by atoms with van der Waals surface area (Å²) in [7, 11) is 1.70. The lowest BCUT2D eigenvalue weighted by atomic mass is 9.92. The number of rotatable bonds is 10. The highest BCUT2D eigenvalue weighted by molar-refractivity contribution is 5.76. The van der Waals surface area contributed by atoms with Crippen molar-refractivity contribution in [3.05, 3.63) is 71.8 Å². The van der Waals surface area contributed by atoms with Gasteiger partial charge in [-0.3, -0.25) is 0 Å².